The van der Waals surface area contributed by atoms with E-state index in [1.54, 1.807) is 0 Å². The normalized spacial score (nSPS) is 28.3. The van der Waals surface area contributed by atoms with Gasteiger partial charge in [0.25, 0.3) is 0 Å². The molecular weight excluding hydrogens is 256 g/mol. The molecule has 1 saturated heterocycles. The largest absolute Gasteiger partial charge is 0.325 e. The van der Waals surface area contributed by atoms with Crippen LogP contribution in [0.3, 0.4) is 0 Å². The van der Waals surface area contributed by atoms with Crippen molar-refractivity contribution in [3.8, 4) is 0 Å². The Morgan fingerprint density at radius 3 is 1.67 bits per heavy atom. The van der Waals surface area contributed by atoms with Gasteiger partial charge in [0.15, 0.2) is 0 Å². The molecule has 2 nitrogen and oxygen atoms in total. The predicted octanol–water partition coefficient (Wildman–Crippen LogP) is 4.19. The maximum atomic E-state index is 3.00. The van der Waals surface area contributed by atoms with Gasteiger partial charge >= 0.3 is 0 Å². The lowest BCUT2D eigenvalue weighted by atomic mass is 9.88. The topological polar surface area (TPSA) is 3.24 Å². The van der Waals surface area contributed by atoms with Crippen molar-refractivity contribution in [2.75, 3.05) is 33.2 Å². The fraction of sp³-hybridized carbons (Fsp3) is 1.00. The van der Waals surface area contributed by atoms with Crippen molar-refractivity contribution in [1.29, 1.82) is 0 Å². The molecule has 0 radical (unpaired) electrons. The molecule has 0 spiro atoms. The van der Waals surface area contributed by atoms with Gasteiger partial charge in [0.05, 0.1) is 26.7 Å². The van der Waals surface area contributed by atoms with E-state index in [0.29, 0.717) is 0 Å². The molecule has 3 fully saturated rings. The molecule has 0 bridgehead atoms. The van der Waals surface area contributed by atoms with Crippen LogP contribution in [-0.4, -0.2) is 54.7 Å². The summed E-state index contributed by atoms with van der Waals surface area (Å²) >= 11 is 0. The number of likely N-dealkylation sites (N-methyl/N-ethyl adjacent to an activating group) is 1. The van der Waals surface area contributed by atoms with Crippen LogP contribution in [-0.2, 0) is 0 Å². The smallest absolute Gasteiger partial charge is 0.0914 e. The van der Waals surface area contributed by atoms with Crippen LogP contribution >= 0.6 is 0 Å². The molecule has 0 amide bonds. The zero-order valence-corrected chi connectivity index (χ0v) is 14.4. The minimum absolute atomic E-state index is 0.927. The fourth-order valence-electron chi connectivity index (χ4n) is 5.17. The molecule has 2 aliphatic carbocycles. The fourth-order valence-corrected chi connectivity index (χ4v) is 5.17. The van der Waals surface area contributed by atoms with Crippen LogP contribution in [0.1, 0.15) is 77.0 Å². The van der Waals surface area contributed by atoms with Crippen molar-refractivity contribution >= 4 is 0 Å². The molecule has 0 aromatic carbocycles. The van der Waals surface area contributed by atoms with Gasteiger partial charge in [-0.2, -0.15) is 0 Å². The maximum absolute atomic E-state index is 3.00. The lowest BCUT2D eigenvalue weighted by Gasteiger charge is -2.43. The van der Waals surface area contributed by atoms with E-state index in [9.17, 15) is 0 Å². The molecule has 1 heterocycles. The zero-order chi connectivity index (χ0) is 14.5. The molecule has 0 atom stereocenters. The third-order valence-electron chi connectivity index (χ3n) is 6.63. The van der Waals surface area contributed by atoms with Crippen LogP contribution in [0.15, 0.2) is 0 Å². The molecule has 122 valence electrons. The quantitative estimate of drug-likeness (QED) is 0.687. The molecule has 0 N–H and O–H groups in total. The lowest BCUT2D eigenvalue weighted by Crippen LogP contribution is -2.52. The minimum Gasteiger partial charge on any atom is -0.325 e. The summed E-state index contributed by atoms with van der Waals surface area (Å²) in [6, 6.07) is 1.85. The number of nitrogens with zero attached hydrogens (tertiary/aromatic N) is 2. The number of hydrogen-bond donors (Lipinski definition) is 0. The van der Waals surface area contributed by atoms with E-state index >= 15 is 0 Å². The van der Waals surface area contributed by atoms with Crippen LogP contribution in [0.25, 0.3) is 0 Å². The highest BCUT2D eigenvalue weighted by Crippen LogP contribution is 2.30. The summed E-state index contributed by atoms with van der Waals surface area (Å²) in [6.07, 6.45) is 17.8. The molecule has 2 heteroatoms. The Hall–Kier alpha value is -0.0800. The van der Waals surface area contributed by atoms with Crippen molar-refractivity contribution in [3.05, 3.63) is 0 Å². The van der Waals surface area contributed by atoms with Crippen molar-refractivity contribution in [2.24, 2.45) is 0 Å². The van der Waals surface area contributed by atoms with Crippen molar-refractivity contribution in [3.63, 3.8) is 0 Å². The van der Waals surface area contributed by atoms with Gasteiger partial charge in [-0.25, -0.2) is 0 Å². The van der Waals surface area contributed by atoms with Gasteiger partial charge in [0, 0.05) is 31.5 Å². The average Bonchev–Trinajstić information content (AvgIpc) is 2.97. The van der Waals surface area contributed by atoms with E-state index in [1.165, 1.54) is 108 Å². The van der Waals surface area contributed by atoms with E-state index in [2.05, 4.69) is 11.9 Å². The molecule has 2 saturated carbocycles. The molecule has 3 rings (SSSR count). The van der Waals surface area contributed by atoms with Crippen molar-refractivity contribution in [2.45, 2.75) is 89.1 Å². The Balaban J connectivity index is 1.59. The summed E-state index contributed by atoms with van der Waals surface area (Å²) in [5.74, 6) is 0. The molecule has 0 aromatic rings. The monoisotopic (exact) mass is 293 g/mol. The summed E-state index contributed by atoms with van der Waals surface area (Å²) in [6.45, 7) is 5.66. The third kappa shape index (κ3) is 4.22. The molecular formula is C19H37N2+. The van der Waals surface area contributed by atoms with Crippen LogP contribution < -0.4 is 0 Å². The lowest BCUT2D eigenvalue weighted by molar-refractivity contribution is -0.897. The molecule has 3 aliphatic rings. The number of likely N-dealkylation sites (tertiary alicyclic amines) is 1. The zero-order valence-electron chi connectivity index (χ0n) is 14.4. The Morgan fingerprint density at radius 1 is 0.714 bits per heavy atom. The predicted molar refractivity (Wildman–Crippen MR) is 90.5 cm³/mol. The van der Waals surface area contributed by atoms with E-state index < -0.39 is 0 Å². The molecule has 0 aromatic heterocycles. The first kappa shape index (κ1) is 15.8. The second-order valence-corrected chi connectivity index (χ2v) is 8.32. The summed E-state index contributed by atoms with van der Waals surface area (Å²) in [5, 5.41) is 0. The SMILES string of the molecule is C[N+]1(CCN(C2CCCCC2)C2CCCCC2)CCCC1. The van der Waals surface area contributed by atoms with Crippen molar-refractivity contribution < 1.29 is 4.48 Å². The first-order valence-corrected chi connectivity index (χ1v) is 9.86. The summed E-state index contributed by atoms with van der Waals surface area (Å²) in [4.78, 5) is 3.00. The van der Waals surface area contributed by atoms with Gasteiger partial charge < -0.3 is 4.48 Å². The van der Waals surface area contributed by atoms with Gasteiger partial charge in [-0.05, 0) is 25.7 Å². The first-order chi connectivity index (χ1) is 10.3. The van der Waals surface area contributed by atoms with Gasteiger partial charge in [-0.15, -0.1) is 0 Å². The van der Waals surface area contributed by atoms with Crippen molar-refractivity contribution in [1.82, 2.24) is 4.90 Å². The standard InChI is InChI=1S/C19H37N2/c1-21(15-8-9-16-21)17-14-20(18-10-4-2-5-11-18)19-12-6-3-7-13-19/h18-19H,2-17H2,1H3/q+1. The Morgan fingerprint density at radius 2 is 1.19 bits per heavy atom. The van der Waals surface area contributed by atoms with Gasteiger partial charge in [-0.1, -0.05) is 38.5 Å². The Kier molecular flexibility index (Phi) is 5.61. The first-order valence-electron chi connectivity index (χ1n) is 9.86. The summed E-state index contributed by atoms with van der Waals surface area (Å²) < 4.78 is 1.36. The summed E-state index contributed by atoms with van der Waals surface area (Å²) in [7, 11) is 2.51. The van der Waals surface area contributed by atoms with Gasteiger partial charge in [0.1, 0.15) is 0 Å². The van der Waals surface area contributed by atoms with E-state index in [1.807, 2.05) is 0 Å². The maximum Gasteiger partial charge on any atom is 0.0914 e. The molecule has 0 unspecified atom stereocenters. The minimum atomic E-state index is 0.927. The van der Waals surface area contributed by atoms with E-state index in [4.69, 9.17) is 0 Å². The third-order valence-corrected chi connectivity index (χ3v) is 6.63. The van der Waals surface area contributed by atoms with E-state index in [0.717, 1.165) is 12.1 Å². The van der Waals surface area contributed by atoms with Crippen LogP contribution in [0.5, 0.6) is 0 Å². The Bertz CT molecular complexity index is 279. The van der Waals surface area contributed by atoms with Crippen LogP contribution in [0, 0.1) is 0 Å². The summed E-state index contributed by atoms with van der Waals surface area (Å²) in [5.41, 5.74) is 0. The number of quaternary nitrogens is 1. The molecule has 1 aliphatic heterocycles. The Labute approximate surface area is 132 Å². The molecule has 21 heavy (non-hydrogen) atoms. The van der Waals surface area contributed by atoms with Crippen LogP contribution in [0.4, 0.5) is 0 Å². The van der Waals surface area contributed by atoms with Crippen LogP contribution in [0.2, 0.25) is 0 Å². The highest BCUT2D eigenvalue weighted by atomic mass is 15.4. The highest BCUT2D eigenvalue weighted by molar-refractivity contribution is 4.83. The second-order valence-electron chi connectivity index (χ2n) is 8.32. The second kappa shape index (κ2) is 7.46. The average molecular weight is 294 g/mol. The highest BCUT2D eigenvalue weighted by Gasteiger charge is 2.32. The number of rotatable bonds is 5. The van der Waals surface area contributed by atoms with Gasteiger partial charge in [0.2, 0.25) is 0 Å². The van der Waals surface area contributed by atoms with E-state index in [-0.39, 0.29) is 0 Å². The van der Waals surface area contributed by atoms with Gasteiger partial charge in [-0.3, -0.25) is 4.90 Å². The number of hydrogen-bond acceptors (Lipinski definition) is 1.